The molecule has 86 valence electrons. The lowest BCUT2D eigenvalue weighted by atomic mass is 10.3. The normalized spacial score (nSPS) is 15.8. The number of carbonyl (C=O) groups is 2. The summed E-state index contributed by atoms with van der Waals surface area (Å²) in [7, 11) is 0. The topological polar surface area (TPSA) is 46.6 Å². The molecule has 1 saturated heterocycles. The summed E-state index contributed by atoms with van der Waals surface area (Å²) in [5, 5.41) is 0. The van der Waals surface area contributed by atoms with Gasteiger partial charge in [-0.3, -0.25) is 9.59 Å². The van der Waals surface area contributed by atoms with E-state index in [0.717, 1.165) is 32.4 Å². The number of likely N-dealkylation sites (tertiary alicyclic amines) is 1. The van der Waals surface area contributed by atoms with Crippen LogP contribution in [0.3, 0.4) is 0 Å². The van der Waals surface area contributed by atoms with Crippen molar-refractivity contribution < 1.29 is 14.3 Å². The van der Waals surface area contributed by atoms with Gasteiger partial charge in [-0.1, -0.05) is 6.92 Å². The van der Waals surface area contributed by atoms with Crippen molar-refractivity contribution in [2.45, 2.75) is 39.0 Å². The second-order valence-corrected chi connectivity index (χ2v) is 3.81. The molecule has 1 rings (SSSR count). The Kier molecular flexibility index (Phi) is 5.15. The SMILES string of the molecule is CCCC(=O)OCCCN1CCCC1=O. The van der Waals surface area contributed by atoms with Crippen molar-refractivity contribution in [2.75, 3.05) is 19.7 Å². The highest BCUT2D eigenvalue weighted by Crippen LogP contribution is 2.09. The Morgan fingerprint density at radius 2 is 2.33 bits per heavy atom. The maximum Gasteiger partial charge on any atom is 0.305 e. The van der Waals surface area contributed by atoms with Crippen molar-refractivity contribution in [2.24, 2.45) is 0 Å². The molecule has 1 aliphatic heterocycles. The quantitative estimate of drug-likeness (QED) is 0.494. The van der Waals surface area contributed by atoms with E-state index < -0.39 is 0 Å². The lowest BCUT2D eigenvalue weighted by Crippen LogP contribution is -2.26. The average Bonchev–Trinajstić information content (AvgIpc) is 2.60. The molecule has 0 bridgehead atoms. The number of amides is 1. The van der Waals surface area contributed by atoms with Crippen LogP contribution in [0, 0.1) is 0 Å². The molecule has 1 fully saturated rings. The molecular formula is C11H19NO3. The number of hydrogen-bond acceptors (Lipinski definition) is 3. The third-order valence-electron chi connectivity index (χ3n) is 2.46. The first-order valence-corrected chi connectivity index (χ1v) is 5.67. The third kappa shape index (κ3) is 4.32. The Morgan fingerprint density at radius 1 is 1.53 bits per heavy atom. The molecule has 4 nitrogen and oxygen atoms in total. The third-order valence-corrected chi connectivity index (χ3v) is 2.46. The molecule has 0 aromatic carbocycles. The summed E-state index contributed by atoms with van der Waals surface area (Å²) in [6.07, 6.45) is 3.71. The summed E-state index contributed by atoms with van der Waals surface area (Å²) >= 11 is 0. The van der Waals surface area contributed by atoms with E-state index in [1.54, 1.807) is 0 Å². The first kappa shape index (κ1) is 12.0. The standard InChI is InChI=1S/C11H19NO3/c1-2-5-11(14)15-9-4-8-12-7-3-6-10(12)13/h2-9H2,1H3. The van der Waals surface area contributed by atoms with E-state index in [1.165, 1.54) is 0 Å². The maximum absolute atomic E-state index is 11.2. The van der Waals surface area contributed by atoms with Crippen LogP contribution in [-0.2, 0) is 14.3 Å². The van der Waals surface area contributed by atoms with Crippen molar-refractivity contribution in [3.05, 3.63) is 0 Å². The Morgan fingerprint density at radius 3 is 2.93 bits per heavy atom. The molecule has 0 atom stereocenters. The highest BCUT2D eigenvalue weighted by Gasteiger charge is 2.19. The minimum atomic E-state index is -0.134. The van der Waals surface area contributed by atoms with Crippen molar-refractivity contribution >= 4 is 11.9 Å². The molecule has 0 aromatic rings. The zero-order valence-electron chi connectivity index (χ0n) is 9.33. The van der Waals surface area contributed by atoms with Crippen LogP contribution in [0.5, 0.6) is 0 Å². The van der Waals surface area contributed by atoms with Crippen LogP contribution in [-0.4, -0.2) is 36.5 Å². The van der Waals surface area contributed by atoms with Gasteiger partial charge in [0.1, 0.15) is 0 Å². The van der Waals surface area contributed by atoms with Crippen molar-refractivity contribution in [1.82, 2.24) is 4.90 Å². The van der Waals surface area contributed by atoms with E-state index in [4.69, 9.17) is 4.74 Å². The first-order valence-electron chi connectivity index (χ1n) is 5.67. The lowest BCUT2D eigenvalue weighted by molar-refractivity contribution is -0.143. The van der Waals surface area contributed by atoms with E-state index >= 15 is 0 Å². The fourth-order valence-electron chi connectivity index (χ4n) is 1.66. The lowest BCUT2D eigenvalue weighted by Gasteiger charge is -2.14. The fourth-order valence-corrected chi connectivity index (χ4v) is 1.66. The van der Waals surface area contributed by atoms with Crippen molar-refractivity contribution in [1.29, 1.82) is 0 Å². The minimum absolute atomic E-state index is 0.134. The Bertz CT molecular complexity index is 228. The minimum Gasteiger partial charge on any atom is -0.466 e. The van der Waals surface area contributed by atoms with Crippen molar-refractivity contribution in [3.8, 4) is 0 Å². The van der Waals surface area contributed by atoms with Crippen LogP contribution in [0.4, 0.5) is 0 Å². The molecule has 0 unspecified atom stereocenters. The van der Waals surface area contributed by atoms with Gasteiger partial charge in [0.25, 0.3) is 0 Å². The van der Waals surface area contributed by atoms with Crippen LogP contribution in [0.15, 0.2) is 0 Å². The van der Waals surface area contributed by atoms with Gasteiger partial charge in [-0.05, 0) is 19.3 Å². The van der Waals surface area contributed by atoms with Crippen molar-refractivity contribution in [3.63, 3.8) is 0 Å². The van der Waals surface area contributed by atoms with E-state index in [0.29, 0.717) is 19.4 Å². The van der Waals surface area contributed by atoms with Gasteiger partial charge in [0.05, 0.1) is 6.61 Å². The molecule has 0 spiro atoms. The number of ether oxygens (including phenoxy) is 1. The molecule has 0 N–H and O–H groups in total. The van der Waals surface area contributed by atoms with E-state index in [-0.39, 0.29) is 11.9 Å². The highest BCUT2D eigenvalue weighted by atomic mass is 16.5. The molecule has 15 heavy (non-hydrogen) atoms. The summed E-state index contributed by atoms with van der Waals surface area (Å²) in [5.41, 5.74) is 0. The van der Waals surface area contributed by atoms with Crippen LogP contribution in [0.1, 0.15) is 39.0 Å². The summed E-state index contributed by atoms with van der Waals surface area (Å²) in [6.45, 7) is 3.97. The summed E-state index contributed by atoms with van der Waals surface area (Å²) in [4.78, 5) is 24.1. The van der Waals surface area contributed by atoms with Gasteiger partial charge in [-0.25, -0.2) is 0 Å². The van der Waals surface area contributed by atoms with Gasteiger partial charge in [-0.15, -0.1) is 0 Å². The number of nitrogens with zero attached hydrogens (tertiary/aromatic N) is 1. The largest absolute Gasteiger partial charge is 0.466 e. The van der Waals surface area contributed by atoms with Crippen LogP contribution in [0.25, 0.3) is 0 Å². The Balaban J connectivity index is 2.01. The van der Waals surface area contributed by atoms with Gasteiger partial charge in [0, 0.05) is 25.9 Å². The van der Waals surface area contributed by atoms with Gasteiger partial charge in [-0.2, -0.15) is 0 Å². The number of carbonyl (C=O) groups excluding carboxylic acids is 2. The monoisotopic (exact) mass is 213 g/mol. The zero-order valence-corrected chi connectivity index (χ0v) is 9.33. The highest BCUT2D eigenvalue weighted by molar-refractivity contribution is 5.78. The van der Waals surface area contributed by atoms with Gasteiger partial charge >= 0.3 is 5.97 Å². The zero-order chi connectivity index (χ0) is 11.1. The Labute approximate surface area is 90.6 Å². The maximum atomic E-state index is 11.2. The number of rotatable bonds is 6. The molecule has 1 aliphatic rings. The fraction of sp³-hybridized carbons (Fsp3) is 0.818. The Hall–Kier alpha value is -1.06. The summed E-state index contributed by atoms with van der Waals surface area (Å²) < 4.78 is 5.00. The van der Waals surface area contributed by atoms with Crippen LogP contribution < -0.4 is 0 Å². The number of hydrogen-bond donors (Lipinski definition) is 0. The summed E-state index contributed by atoms with van der Waals surface area (Å²) in [6, 6.07) is 0. The molecular weight excluding hydrogens is 194 g/mol. The molecule has 1 amide bonds. The average molecular weight is 213 g/mol. The van der Waals surface area contributed by atoms with Crippen LogP contribution >= 0.6 is 0 Å². The molecule has 4 heteroatoms. The van der Waals surface area contributed by atoms with Crippen LogP contribution in [0.2, 0.25) is 0 Å². The smallest absolute Gasteiger partial charge is 0.305 e. The molecule has 0 saturated carbocycles. The molecule has 1 heterocycles. The molecule has 0 aliphatic carbocycles. The second-order valence-electron chi connectivity index (χ2n) is 3.81. The van der Waals surface area contributed by atoms with E-state index in [2.05, 4.69) is 0 Å². The van der Waals surface area contributed by atoms with Gasteiger partial charge in [0.2, 0.25) is 5.91 Å². The molecule has 0 aromatic heterocycles. The second kappa shape index (κ2) is 6.43. The van der Waals surface area contributed by atoms with E-state index in [1.807, 2.05) is 11.8 Å². The predicted octanol–water partition coefficient (Wildman–Crippen LogP) is 1.34. The summed E-state index contributed by atoms with van der Waals surface area (Å²) in [5.74, 6) is 0.0973. The van der Waals surface area contributed by atoms with Gasteiger partial charge in [0.15, 0.2) is 0 Å². The number of esters is 1. The van der Waals surface area contributed by atoms with Gasteiger partial charge < -0.3 is 9.64 Å². The molecule has 0 radical (unpaired) electrons. The first-order chi connectivity index (χ1) is 7.24. The van der Waals surface area contributed by atoms with E-state index in [9.17, 15) is 9.59 Å². The predicted molar refractivity (Wildman–Crippen MR) is 56.3 cm³/mol.